The van der Waals surface area contributed by atoms with Crippen LogP contribution in [0, 0.1) is 0 Å². The lowest BCUT2D eigenvalue weighted by molar-refractivity contribution is 0.0697. The molecule has 15 heavy (non-hydrogen) atoms. The predicted molar refractivity (Wildman–Crippen MR) is 56.8 cm³/mol. The van der Waals surface area contributed by atoms with Crippen molar-refractivity contribution in [3.8, 4) is 0 Å². The molecule has 1 heterocycles. The maximum absolute atomic E-state index is 10.9. The highest BCUT2D eigenvalue weighted by Gasteiger charge is 2.19. The summed E-state index contributed by atoms with van der Waals surface area (Å²) in [6.07, 6.45) is 6.40. The van der Waals surface area contributed by atoms with Gasteiger partial charge >= 0.3 is 5.97 Å². The van der Waals surface area contributed by atoms with Crippen LogP contribution < -0.4 is 5.73 Å². The standard InChI is InChI=1S/C11H14N2O2/c12-10-9(11(14)15)5-8(6-13-10)7-3-1-2-4-7/h5-7H,1-4H2,(H2,12,13)(H,14,15). The van der Waals surface area contributed by atoms with Gasteiger partial charge in [0.1, 0.15) is 11.4 Å². The molecule has 0 aromatic carbocycles. The van der Waals surface area contributed by atoms with Gasteiger partial charge in [0.2, 0.25) is 0 Å². The van der Waals surface area contributed by atoms with E-state index in [-0.39, 0.29) is 11.4 Å². The molecule has 1 aromatic rings. The Hall–Kier alpha value is -1.58. The number of nitrogen functional groups attached to an aromatic ring is 1. The number of carbonyl (C=O) groups is 1. The number of nitrogens with two attached hydrogens (primary N) is 1. The van der Waals surface area contributed by atoms with Crippen molar-refractivity contribution < 1.29 is 9.90 Å². The highest BCUT2D eigenvalue weighted by Crippen LogP contribution is 2.34. The number of rotatable bonds is 2. The van der Waals surface area contributed by atoms with Crippen LogP contribution in [-0.2, 0) is 0 Å². The van der Waals surface area contributed by atoms with Crippen molar-refractivity contribution >= 4 is 11.8 Å². The molecule has 3 N–H and O–H groups in total. The maximum Gasteiger partial charge on any atom is 0.339 e. The zero-order valence-corrected chi connectivity index (χ0v) is 8.44. The van der Waals surface area contributed by atoms with Crippen LogP contribution in [-0.4, -0.2) is 16.1 Å². The van der Waals surface area contributed by atoms with Crippen molar-refractivity contribution in [1.82, 2.24) is 4.98 Å². The molecule has 4 heteroatoms. The summed E-state index contributed by atoms with van der Waals surface area (Å²) in [4.78, 5) is 14.8. The lowest BCUT2D eigenvalue weighted by atomic mass is 9.98. The van der Waals surface area contributed by atoms with E-state index in [0.717, 1.165) is 18.4 Å². The first kappa shape index (κ1) is 9.96. The zero-order chi connectivity index (χ0) is 10.8. The van der Waals surface area contributed by atoms with Crippen molar-refractivity contribution in [1.29, 1.82) is 0 Å². The van der Waals surface area contributed by atoms with Gasteiger partial charge in [-0.25, -0.2) is 9.78 Å². The minimum absolute atomic E-state index is 0.101. The molecule has 0 spiro atoms. The van der Waals surface area contributed by atoms with Crippen LogP contribution in [0.25, 0.3) is 0 Å². The summed E-state index contributed by atoms with van der Waals surface area (Å²) in [6.45, 7) is 0. The molecule has 1 aromatic heterocycles. The molecular weight excluding hydrogens is 192 g/mol. The third kappa shape index (κ3) is 1.93. The molecule has 4 nitrogen and oxygen atoms in total. The average molecular weight is 206 g/mol. The minimum Gasteiger partial charge on any atom is -0.478 e. The molecule has 1 saturated carbocycles. The van der Waals surface area contributed by atoms with Crippen molar-refractivity contribution in [3.05, 3.63) is 23.4 Å². The van der Waals surface area contributed by atoms with Crippen LogP contribution in [0.15, 0.2) is 12.3 Å². The Bertz CT molecular complexity index is 384. The minimum atomic E-state index is -1.00. The molecule has 80 valence electrons. The maximum atomic E-state index is 10.9. The Labute approximate surface area is 88.1 Å². The van der Waals surface area contributed by atoms with Crippen LogP contribution in [0.4, 0.5) is 5.82 Å². The average Bonchev–Trinajstić information content (AvgIpc) is 2.71. The van der Waals surface area contributed by atoms with Gasteiger partial charge in [-0.2, -0.15) is 0 Å². The summed E-state index contributed by atoms with van der Waals surface area (Å²) in [5, 5.41) is 8.91. The van der Waals surface area contributed by atoms with Gasteiger partial charge in [0.25, 0.3) is 0 Å². The van der Waals surface area contributed by atoms with Crippen molar-refractivity contribution in [2.45, 2.75) is 31.6 Å². The highest BCUT2D eigenvalue weighted by molar-refractivity contribution is 5.92. The summed E-state index contributed by atoms with van der Waals surface area (Å²) in [5.41, 5.74) is 6.63. The van der Waals surface area contributed by atoms with E-state index in [1.54, 1.807) is 12.3 Å². The van der Waals surface area contributed by atoms with Gasteiger partial charge in [0, 0.05) is 6.20 Å². The first-order chi connectivity index (χ1) is 7.18. The topological polar surface area (TPSA) is 76.2 Å². The molecule has 0 amide bonds. The Morgan fingerprint density at radius 1 is 1.47 bits per heavy atom. The molecular formula is C11H14N2O2. The molecule has 0 atom stereocenters. The molecule has 0 unspecified atom stereocenters. The van der Waals surface area contributed by atoms with Gasteiger partial charge in [-0.15, -0.1) is 0 Å². The number of hydrogen-bond donors (Lipinski definition) is 2. The van der Waals surface area contributed by atoms with Crippen LogP contribution in [0.5, 0.6) is 0 Å². The highest BCUT2D eigenvalue weighted by atomic mass is 16.4. The quantitative estimate of drug-likeness (QED) is 0.776. The number of anilines is 1. The van der Waals surface area contributed by atoms with E-state index in [0.29, 0.717) is 5.92 Å². The van der Waals surface area contributed by atoms with Crippen LogP contribution in [0.3, 0.4) is 0 Å². The first-order valence-corrected chi connectivity index (χ1v) is 5.17. The number of aromatic nitrogens is 1. The smallest absolute Gasteiger partial charge is 0.339 e. The van der Waals surface area contributed by atoms with E-state index >= 15 is 0 Å². The van der Waals surface area contributed by atoms with Gasteiger partial charge in [-0.05, 0) is 30.4 Å². The SMILES string of the molecule is Nc1ncc(C2CCCC2)cc1C(=O)O. The number of carboxylic acids is 1. The Morgan fingerprint density at radius 3 is 2.73 bits per heavy atom. The van der Waals surface area contributed by atoms with Crippen LogP contribution in [0.1, 0.15) is 47.5 Å². The second-order valence-electron chi connectivity index (χ2n) is 3.99. The van der Waals surface area contributed by atoms with E-state index < -0.39 is 5.97 Å². The van der Waals surface area contributed by atoms with Gasteiger partial charge in [-0.3, -0.25) is 0 Å². The van der Waals surface area contributed by atoms with Crippen LogP contribution >= 0.6 is 0 Å². The van der Waals surface area contributed by atoms with E-state index in [2.05, 4.69) is 4.98 Å². The zero-order valence-electron chi connectivity index (χ0n) is 8.44. The largest absolute Gasteiger partial charge is 0.478 e. The molecule has 2 rings (SSSR count). The summed E-state index contributed by atoms with van der Waals surface area (Å²) in [7, 11) is 0. The fourth-order valence-corrected chi connectivity index (χ4v) is 2.15. The van der Waals surface area contributed by atoms with E-state index in [1.165, 1.54) is 12.8 Å². The molecule has 0 radical (unpaired) electrons. The summed E-state index contributed by atoms with van der Waals surface area (Å²) >= 11 is 0. The fraction of sp³-hybridized carbons (Fsp3) is 0.455. The van der Waals surface area contributed by atoms with Crippen LogP contribution in [0.2, 0.25) is 0 Å². The van der Waals surface area contributed by atoms with E-state index in [9.17, 15) is 4.79 Å². The van der Waals surface area contributed by atoms with E-state index in [4.69, 9.17) is 10.8 Å². The van der Waals surface area contributed by atoms with Gasteiger partial charge < -0.3 is 10.8 Å². The molecule has 1 aliphatic carbocycles. The van der Waals surface area contributed by atoms with E-state index in [1.807, 2.05) is 0 Å². The predicted octanol–water partition coefficient (Wildman–Crippen LogP) is 2.02. The van der Waals surface area contributed by atoms with Crippen molar-refractivity contribution in [3.63, 3.8) is 0 Å². The third-order valence-electron chi connectivity index (χ3n) is 3.00. The summed E-state index contributed by atoms with van der Waals surface area (Å²) < 4.78 is 0. The van der Waals surface area contributed by atoms with Crippen molar-refractivity contribution in [2.24, 2.45) is 0 Å². The molecule has 0 bridgehead atoms. The molecule has 1 aliphatic rings. The lowest BCUT2D eigenvalue weighted by Crippen LogP contribution is -2.06. The molecule has 0 saturated heterocycles. The van der Waals surface area contributed by atoms with Gasteiger partial charge in [0.15, 0.2) is 0 Å². The molecule has 0 aliphatic heterocycles. The number of carboxylic acid groups (broad SMARTS) is 1. The van der Waals surface area contributed by atoms with Gasteiger partial charge in [-0.1, -0.05) is 12.8 Å². The molecule has 1 fully saturated rings. The fourth-order valence-electron chi connectivity index (χ4n) is 2.15. The number of hydrogen-bond acceptors (Lipinski definition) is 3. The second kappa shape index (κ2) is 3.88. The monoisotopic (exact) mass is 206 g/mol. The van der Waals surface area contributed by atoms with Gasteiger partial charge in [0.05, 0.1) is 0 Å². The normalized spacial score (nSPS) is 16.8. The van der Waals surface area contributed by atoms with Crippen molar-refractivity contribution in [2.75, 3.05) is 5.73 Å². The second-order valence-corrected chi connectivity index (χ2v) is 3.99. The summed E-state index contributed by atoms with van der Waals surface area (Å²) in [5.74, 6) is -0.430. The first-order valence-electron chi connectivity index (χ1n) is 5.17. The third-order valence-corrected chi connectivity index (χ3v) is 3.00. The Kier molecular flexibility index (Phi) is 2.58. The Morgan fingerprint density at radius 2 is 2.13 bits per heavy atom. The summed E-state index contributed by atoms with van der Waals surface area (Å²) in [6, 6.07) is 1.67. The number of nitrogens with zero attached hydrogens (tertiary/aromatic N) is 1. The lowest BCUT2D eigenvalue weighted by Gasteiger charge is -2.10. The number of aromatic carboxylic acids is 1. The Balaban J connectivity index is 2.33. The number of pyridine rings is 1.